The van der Waals surface area contributed by atoms with E-state index < -0.39 is 15.9 Å². The van der Waals surface area contributed by atoms with Crippen LogP contribution in [0, 0.1) is 6.92 Å². The second-order valence-corrected chi connectivity index (χ2v) is 9.00. The van der Waals surface area contributed by atoms with Crippen molar-refractivity contribution in [2.24, 2.45) is 5.73 Å². The van der Waals surface area contributed by atoms with Gasteiger partial charge in [-0.25, -0.2) is 8.42 Å². The van der Waals surface area contributed by atoms with E-state index in [0.717, 1.165) is 24.0 Å². The van der Waals surface area contributed by atoms with Crippen LogP contribution in [0.2, 0.25) is 0 Å². The molecule has 156 valence electrons. The Labute approximate surface area is 171 Å². The highest BCUT2D eigenvalue weighted by molar-refractivity contribution is 7.89. The summed E-state index contributed by atoms with van der Waals surface area (Å²) in [5, 5.41) is 0. The summed E-state index contributed by atoms with van der Waals surface area (Å²) < 4.78 is 38.7. The van der Waals surface area contributed by atoms with Crippen LogP contribution in [-0.2, 0) is 21.3 Å². The zero-order chi connectivity index (χ0) is 21.0. The Bertz CT molecular complexity index is 969. The second-order valence-electron chi connectivity index (χ2n) is 7.11. The van der Waals surface area contributed by atoms with Gasteiger partial charge in [0.2, 0.25) is 15.9 Å². The number of ether oxygens (including phenoxy) is 2. The molecule has 0 heterocycles. The van der Waals surface area contributed by atoms with Gasteiger partial charge >= 0.3 is 0 Å². The number of carbonyl (C=O) groups is 1. The molecule has 1 amide bonds. The van der Waals surface area contributed by atoms with Crippen LogP contribution < -0.4 is 10.5 Å². The Morgan fingerprint density at radius 3 is 2.38 bits per heavy atom. The van der Waals surface area contributed by atoms with Gasteiger partial charge in [-0.3, -0.25) is 4.79 Å². The molecule has 1 aliphatic rings. The first-order valence-electron chi connectivity index (χ1n) is 9.46. The molecule has 3 rings (SSSR count). The number of carbonyl (C=O) groups excluding carboxylic acids is 1. The molecule has 2 aromatic carbocycles. The zero-order valence-electron chi connectivity index (χ0n) is 16.6. The summed E-state index contributed by atoms with van der Waals surface area (Å²) in [5.74, 6) is 0.132. The molecule has 0 atom stereocenters. The fourth-order valence-corrected chi connectivity index (χ4v) is 4.80. The van der Waals surface area contributed by atoms with E-state index in [1.807, 2.05) is 6.92 Å². The van der Waals surface area contributed by atoms with Crippen LogP contribution in [0.5, 0.6) is 5.75 Å². The maximum absolute atomic E-state index is 13.3. The number of methoxy groups -OCH3 is 1. The monoisotopic (exact) mass is 418 g/mol. The van der Waals surface area contributed by atoms with Crippen LogP contribution in [0.1, 0.15) is 34.3 Å². The van der Waals surface area contributed by atoms with Gasteiger partial charge in [-0.2, -0.15) is 4.31 Å². The predicted molar refractivity (Wildman–Crippen MR) is 109 cm³/mol. The lowest BCUT2D eigenvalue weighted by molar-refractivity contribution is 0.1000. The van der Waals surface area contributed by atoms with Crippen LogP contribution in [0.25, 0.3) is 0 Å². The minimum Gasteiger partial charge on any atom is -0.491 e. The van der Waals surface area contributed by atoms with Gasteiger partial charge in [0.05, 0.1) is 11.5 Å². The van der Waals surface area contributed by atoms with Gasteiger partial charge in [-0.1, -0.05) is 12.1 Å². The van der Waals surface area contributed by atoms with Crippen molar-refractivity contribution in [1.29, 1.82) is 0 Å². The van der Waals surface area contributed by atoms with E-state index >= 15 is 0 Å². The third kappa shape index (κ3) is 5.14. The lowest BCUT2D eigenvalue weighted by Crippen LogP contribution is -2.32. The lowest BCUT2D eigenvalue weighted by atomic mass is 10.1. The molecule has 1 aliphatic carbocycles. The summed E-state index contributed by atoms with van der Waals surface area (Å²) >= 11 is 0. The van der Waals surface area contributed by atoms with Crippen molar-refractivity contribution < 1.29 is 22.7 Å². The molecular weight excluding hydrogens is 392 g/mol. The van der Waals surface area contributed by atoms with Crippen molar-refractivity contribution in [2.75, 3.05) is 20.3 Å². The Balaban J connectivity index is 1.81. The number of benzene rings is 2. The van der Waals surface area contributed by atoms with Gasteiger partial charge in [-0.15, -0.1) is 0 Å². The van der Waals surface area contributed by atoms with Crippen molar-refractivity contribution in [2.45, 2.75) is 37.2 Å². The van der Waals surface area contributed by atoms with Gasteiger partial charge in [0, 0.05) is 25.3 Å². The third-order valence-electron chi connectivity index (χ3n) is 4.83. The lowest BCUT2D eigenvalue weighted by Gasteiger charge is -2.23. The first-order chi connectivity index (χ1) is 13.8. The standard InChI is InChI=1S/C21H26N2O5S/c1-15-13-19(9-10-20(15)28-12-11-27-2)29(25,26)23(18-7-8-18)14-16-3-5-17(6-4-16)21(22)24/h3-6,9-10,13,18H,7-8,11-12,14H2,1-2H3,(H2,22,24). The van der Waals surface area contributed by atoms with Crippen LogP contribution >= 0.6 is 0 Å². The van der Waals surface area contributed by atoms with E-state index in [4.69, 9.17) is 15.2 Å². The van der Waals surface area contributed by atoms with Crippen molar-refractivity contribution in [1.82, 2.24) is 4.31 Å². The molecule has 0 unspecified atom stereocenters. The highest BCUT2D eigenvalue weighted by Gasteiger charge is 2.38. The molecule has 0 radical (unpaired) electrons. The van der Waals surface area contributed by atoms with Crippen LogP contribution in [0.15, 0.2) is 47.4 Å². The van der Waals surface area contributed by atoms with Crippen LogP contribution in [0.3, 0.4) is 0 Å². The van der Waals surface area contributed by atoms with E-state index in [2.05, 4.69) is 0 Å². The summed E-state index contributed by atoms with van der Waals surface area (Å²) in [7, 11) is -2.07. The molecule has 0 bridgehead atoms. The fraction of sp³-hybridized carbons (Fsp3) is 0.381. The summed E-state index contributed by atoms with van der Waals surface area (Å²) in [4.78, 5) is 11.5. The molecule has 0 saturated heterocycles. The van der Waals surface area contributed by atoms with E-state index in [0.29, 0.717) is 24.5 Å². The molecule has 0 aliphatic heterocycles. The SMILES string of the molecule is COCCOc1ccc(S(=O)(=O)N(Cc2ccc(C(N)=O)cc2)C2CC2)cc1C. The van der Waals surface area contributed by atoms with Crippen molar-refractivity contribution in [3.8, 4) is 5.75 Å². The summed E-state index contributed by atoms with van der Waals surface area (Å²) in [6, 6.07) is 11.6. The average molecular weight is 419 g/mol. The van der Waals surface area contributed by atoms with E-state index in [1.165, 1.54) is 4.31 Å². The number of hydrogen-bond acceptors (Lipinski definition) is 5. The maximum atomic E-state index is 13.3. The first kappa shape index (κ1) is 21.3. The number of sulfonamides is 1. The molecule has 0 spiro atoms. The minimum absolute atomic E-state index is 0.00578. The Kier molecular flexibility index (Phi) is 6.56. The number of hydrogen-bond donors (Lipinski definition) is 1. The fourth-order valence-electron chi connectivity index (χ4n) is 3.04. The Morgan fingerprint density at radius 2 is 1.83 bits per heavy atom. The number of primary amides is 1. The first-order valence-corrected chi connectivity index (χ1v) is 10.9. The largest absolute Gasteiger partial charge is 0.491 e. The van der Waals surface area contributed by atoms with Gasteiger partial charge in [0.25, 0.3) is 0 Å². The molecule has 2 aromatic rings. The average Bonchev–Trinajstić information content (AvgIpc) is 3.52. The minimum atomic E-state index is -3.67. The van der Waals surface area contributed by atoms with E-state index in [-0.39, 0.29) is 17.5 Å². The molecule has 2 N–H and O–H groups in total. The van der Waals surface area contributed by atoms with Crippen LogP contribution in [-0.4, -0.2) is 45.0 Å². The highest BCUT2D eigenvalue weighted by Crippen LogP contribution is 2.34. The molecular formula is C21H26N2O5S. The normalized spacial score (nSPS) is 14.2. The van der Waals surface area contributed by atoms with Gasteiger partial charge in [0.15, 0.2) is 0 Å². The van der Waals surface area contributed by atoms with Gasteiger partial charge in [-0.05, 0) is 61.2 Å². The summed E-state index contributed by atoms with van der Waals surface area (Å²) in [6.07, 6.45) is 1.69. The van der Waals surface area contributed by atoms with E-state index in [1.54, 1.807) is 49.6 Å². The van der Waals surface area contributed by atoms with Crippen molar-refractivity contribution in [3.63, 3.8) is 0 Å². The smallest absolute Gasteiger partial charge is 0.248 e. The Morgan fingerprint density at radius 1 is 1.14 bits per heavy atom. The number of nitrogens with zero attached hydrogens (tertiary/aromatic N) is 1. The third-order valence-corrected chi connectivity index (χ3v) is 6.72. The quantitative estimate of drug-likeness (QED) is 0.598. The summed E-state index contributed by atoms with van der Waals surface area (Å²) in [6.45, 7) is 2.94. The molecule has 8 heteroatoms. The zero-order valence-corrected chi connectivity index (χ0v) is 17.4. The van der Waals surface area contributed by atoms with E-state index in [9.17, 15) is 13.2 Å². The number of rotatable bonds is 10. The second kappa shape index (κ2) is 8.94. The van der Waals surface area contributed by atoms with Crippen molar-refractivity contribution in [3.05, 3.63) is 59.2 Å². The van der Waals surface area contributed by atoms with Gasteiger partial charge < -0.3 is 15.2 Å². The number of aryl methyl sites for hydroxylation is 1. The van der Waals surface area contributed by atoms with Crippen molar-refractivity contribution >= 4 is 15.9 Å². The number of amides is 1. The molecule has 1 saturated carbocycles. The number of nitrogens with two attached hydrogens (primary N) is 1. The predicted octanol–water partition coefficient (Wildman–Crippen LogP) is 2.47. The summed E-state index contributed by atoms with van der Waals surface area (Å²) in [5.41, 5.74) is 7.23. The maximum Gasteiger partial charge on any atom is 0.248 e. The molecule has 0 aromatic heterocycles. The molecule has 7 nitrogen and oxygen atoms in total. The van der Waals surface area contributed by atoms with Crippen LogP contribution in [0.4, 0.5) is 0 Å². The van der Waals surface area contributed by atoms with Gasteiger partial charge in [0.1, 0.15) is 12.4 Å². The topological polar surface area (TPSA) is 98.9 Å². The highest BCUT2D eigenvalue weighted by atomic mass is 32.2. The molecule has 29 heavy (non-hydrogen) atoms. The molecule has 1 fully saturated rings. The Hall–Kier alpha value is -2.42.